The van der Waals surface area contributed by atoms with Gasteiger partial charge in [0.2, 0.25) is 0 Å². The van der Waals surface area contributed by atoms with Gasteiger partial charge in [0.1, 0.15) is 5.84 Å². The maximum absolute atomic E-state index is 4.91. The SMILES string of the molecule is Cc1ccc(CNC2=NCCCN[C@]23CCC[C@@H](C)C3)cc1. The van der Waals surface area contributed by atoms with E-state index >= 15 is 0 Å². The predicted octanol–water partition coefficient (Wildman–Crippen LogP) is 3.43. The first kappa shape index (κ1) is 15.5. The fourth-order valence-corrected chi connectivity index (χ4v) is 3.88. The third-order valence-electron chi connectivity index (χ3n) is 5.10. The highest BCUT2D eigenvalue weighted by Crippen LogP contribution is 2.33. The van der Waals surface area contributed by atoms with E-state index in [4.69, 9.17) is 4.99 Å². The molecule has 1 saturated carbocycles. The summed E-state index contributed by atoms with van der Waals surface area (Å²) in [5.41, 5.74) is 2.74. The Morgan fingerprint density at radius 3 is 2.86 bits per heavy atom. The molecule has 1 heterocycles. The van der Waals surface area contributed by atoms with Crippen molar-refractivity contribution < 1.29 is 0 Å². The van der Waals surface area contributed by atoms with Gasteiger partial charge < -0.3 is 10.6 Å². The lowest BCUT2D eigenvalue weighted by Crippen LogP contribution is -2.58. The van der Waals surface area contributed by atoms with Gasteiger partial charge in [-0.15, -0.1) is 0 Å². The Bertz CT molecular complexity index is 520. The zero-order valence-electron chi connectivity index (χ0n) is 14.0. The summed E-state index contributed by atoms with van der Waals surface area (Å²) < 4.78 is 0. The number of nitrogens with one attached hydrogen (secondary N) is 2. The van der Waals surface area contributed by atoms with Crippen LogP contribution in [-0.4, -0.2) is 24.5 Å². The molecule has 3 nitrogen and oxygen atoms in total. The predicted molar refractivity (Wildman–Crippen MR) is 93.3 cm³/mol. The van der Waals surface area contributed by atoms with Crippen molar-refractivity contribution in [2.45, 2.75) is 58.0 Å². The molecule has 22 heavy (non-hydrogen) atoms. The number of rotatable bonds is 2. The van der Waals surface area contributed by atoms with Crippen LogP contribution < -0.4 is 10.6 Å². The van der Waals surface area contributed by atoms with Gasteiger partial charge in [-0.25, -0.2) is 0 Å². The molecule has 2 aliphatic rings. The minimum absolute atomic E-state index is 0.0961. The van der Waals surface area contributed by atoms with Crippen molar-refractivity contribution in [2.75, 3.05) is 13.1 Å². The van der Waals surface area contributed by atoms with E-state index in [2.05, 4.69) is 48.7 Å². The Hall–Kier alpha value is -1.35. The monoisotopic (exact) mass is 299 g/mol. The summed E-state index contributed by atoms with van der Waals surface area (Å²) in [5.74, 6) is 1.99. The van der Waals surface area contributed by atoms with Gasteiger partial charge in [0.15, 0.2) is 0 Å². The van der Waals surface area contributed by atoms with E-state index in [0.29, 0.717) is 0 Å². The van der Waals surface area contributed by atoms with Gasteiger partial charge in [0.05, 0.1) is 5.54 Å². The van der Waals surface area contributed by atoms with Crippen LogP contribution in [0.3, 0.4) is 0 Å². The van der Waals surface area contributed by atoms with Gasteiger partial charge in [-0.1, -0.05) is 49.6 Å². The quantitative estimate of drug-likeness (QED) is 0.878. The maximum atomic E-state index is 4.91. The van der Waals surface area contributed by atoms with Gasteiger partial charge in [-0.3, -0.25) is 4.99 Å². The van der Waals surface area contributed by atoms with E-state index in [-0.39, 0.29) is 5.54 Å². The summed E-state index contributed by atoms with van der Waals surface area (Å²) in [6.07, 6.45) is 6.24. The number of nitrogens with zero attached hydrogens (tertiary/aromatic N) is 1. The molecule has 0 aromatic heterocycles. The summed E-state index contributed by atoms with van der Waals surface area (Å²) >= 11 is 0. The molecule has 1 aromatic rings. The number of amidine groups is 1. The third kappa shape index (κ3) is 3.52. The van der Waals surface area contributed by atoms with E-state index in [1.54, 1.807) is 0 Å². The maximum Gasteiger partial charge on any atom is 0.117 e. The molecule has 2 N–H and O–H groups in total. The molecule has 0 saturated heterocycles. The highest BCUT2D eigenvalue weighted by atomic mass is 15.1. The molecule has 0 unspecified atom stereocenters. The molecule has 0 radical (unpaired) electrons. The topological polar surface area (TPSA) is 36.4 Å². The molecule has 0 amide bonds. The second kappa shape index (κ2) is 6.82. The Labute approximate surface area is 134 Å². The van der Waals surface area contributed by atoms with Crippen molar-refractivity contribution in [3.63, 3.8) is 0 Å². The standard InChI is InChI=1S/C19H29N3/c1-15-6-8-17(9-7-15)14-21-18-19(22-12-4-11-20-18)10-3-5-16(2)13-19/h6-9,16,22H,3-5,10-14H2,1-2H3,(H,20,21)/t16-,19+/m1/s1. The van der Waals surface area contributed by atoms with E-state index in [0.717, 1.165) is 32.0 Å². The van der Waals surface area contributed by atoms with Crippen LogP contribution in [0.15, 0.2) is 29.3 Å². The molecule has 120 valence electrons. The molecule has 3 rings (SSSR count). The van der Waals surface area contributed by atoms with E-state index in [1.807, 2.05) is 0 Å². The highest BCUT2D eigenvalue weighted by Gasteiger charge is 2.39. The van der Waals surface area contributed by atoms with Crippen molar-refractivity contribution in [1.29, 1.82) is 0 Å². The lowest BCUT2D eigenvalue weighted by atomic mass is 9.75. The average molecular weight is 299 g/mol. The normalized spacial score (nSPS) is 29.0. The number of aryl methyl sites for hydroxylation is 1. The number of hydrogen-bond donors (Lipinski definition) is 2. The van der Waals surface area contributed by atoms with E-state index in [9.17, 15) is 0 Å². The first-order valence-electron chi connectivity index (χ1n) is 8.77. The van der Waals surface area contributed by atoms with Gasteiger partial charge in [0.25, 0.3) is 0 Å². The van der Waals surface area contributed by atoms with Crippen molar-refractivity contribution in [1.82, 2.24) is 10.6 Å². The molecular formula is C19H29N3. The summed E-state index contributed by atoms with van der Waals surface area (Å²) in [4.78, 5) is 4.91. The van der Waals surface area contributed by atoms with Crippen LogP contribution in [0.1, 0.15) is 50.2 Å². The Morgan fingerprint density at radius 1 is 1.27 bits per heavy atom. The lowest BCUT2D eigenvalue weighted by Gasteiger charge is -2.41. The van der Waals surface area contributed by atoms with Crippen LogP contribution in [0, 0.1) is 12.8 Å². The summed E-state index contributed by atoms with van der Waals surface area (Å²) in [6, 6.07) is 8.79. The fraction of sp³-hybridized carbons (Fsp3) is 0.632. The molecule has 1 aliphatic carbocycles. The van der Waals surface area contributed by atoms with Crippen LogP contribution in [-0.2, 0) is 6.54 Å². The minimum Gasteiger partial charge on any atom is -0.368 e. The summed E-state index contributed by atoms with van der Waals surface area (Å²) in [7, 11) is 0. The zero-order chi connectivity index (χ0) is 15.4. The summed E-state index contributed by atoms with van der Waals surface area (Å²) in [6.45, 7) is 7.42. The lowest BCUT2D eigenvalue weighted by molar-refractivity contribution is 0.251. The second-order valence-corrected chi connectivity index (χ2v) is 7.13. The second-order valence-electron chi connectivity index (χ2n) is 7.13. The fourth-order valence-electron chi connectivity index (χ4n) is 3.88. The van der Waals surface area contributed by atoms with Gasteiger partial charge in [0, 0.05) is 13.1 Å². The Morgan fingerprint density at radius 2 is 2.09 bits per heavy atom. The molecule has 1 fully saturated rings. The van der Waals surface area contributed by atoms with Gasteiger partial charge >= 0.3 is 0 Å². The number of hydrogen-bond acceptors (Lipinski definition) is 3. The van der Waals surface area contributed by atoms with Crippen molar-refractivity contribution in [3.8, 4) is 0 Å². The first-order valence-corrected chi connectivity index (χ1v) is 8.77. The first-order chi connectivity index (χ1) is 10.7. The summed E-state index contributed by atoms with van der Waals surface area (Å²) in [5, 5.41) is 7.50. The molecule has 0 bridgehead atoms. The average Bonchev–Trinajstić information content (AvgIpc) is 2.69. The van der Waals surface area contributed by atoms with E-state index < -0.39 is 0 Å². The number of benzene rings is 1. The Kier molecular flexibility index (Phi) is 4.82. The highest BCUT2D eigenvalue weighted by molar-refractivity contribution is 5.92. The van der Waals surface area contributed by atoms with Crippen LogP contribution >= 0.6 is 0 Å². The number of aliphatic imine (C=N–C) groups is 1. The van der Waals surface area contributed by atoms with Crippen molar-refractivity contribution in [2.24, 2.45) is 10.9 Å². The molecule has 1 spiro atoms. The Balaban J connectivity index is 1.73. The smallest absolute Gasteiger partial charge is 0.117 e. The molecule has 2 atom stereocenters. The van der Waals surface area contributed by atoms with Crippen LogP contribution in [0.25, 0.3) is 0 Å². The van der Waals surface area contributed by atoms with Crippen LogP contribution in [0.5, 0.6) is 0 Å². The largest absolute Gasteiger partial charge is 0.368 e. The van der Waals surface area contributed by atoms with Crippen molar-refractivity contribution >= 4 is 5.84 Å². The van der Waals surface area contributed by atoms with Crippen LogP contribution in [0.2, 0.25) is 0 Å². The molecule has 3 heteroatoms. The van der Waals surface area contributed by atoms with Gasteiger partial charge in [-0.2, -0.15) is 0 Å². The zero-order valence-corrected chi connectivity index (χ0v) is 14.0. The van der Waals surface area contributed by atoms with Crippen molar-refractivity contribution in [3.05, 3.63) is 35.4 Å². The molecular weight excluding hydrogens is 270 g/mol. The van der Waals surface area contributed by atoms with Gasteiger partial charge in [-0.05, 0) is 44.2 Å². The molecule has 1 aromatic carbocycles. The van der Waals surface area contributed by atoms with E-state index in [1.165, 1.54) is 42.6 Å². The minimum atomic E-state index is 0.0961. The van der Waals surface area contributed by atoms with Crippen LogP contribution in [0.4, 0.5) is 0 Å². The third-order valence-corrected chi connectivity index (χ3v) is 5.10. The molecule has 1 aliphatic heterocycles.